The SMILES string of the molecule is COc1ccc(-n2cnnc2SCC(=O)NCCN(C)c2ccccc2)cc1. The Bertz CT molecular complexity index is 883. The second-order valence-corrected chi connectivity index (χ2v) is 7.02. The molecule has 8 heteroatoms. The third-order valence-electron chi connectivity index (χ3n) is 4.17. The van der Waals surface area contributed by atoms with Crippen molar-refractivity contribution < 1.29 is 9.53 Å². The minimum absolute atomic E-state index is 0.0317. The lowest BCUT2D eigenvalue weighted by molar-refractivity contribution is -0.118. The summed E-state index contributed by atoms with van der Waals surface area (Å²) in [6.45, 7) is 1.32. The first-order valence-corrected chi connectivity index (χ1v) is 9.86. The summed E-state index contributed by atoms with van der Waals surface area (Å²) in [5.41, 5.74) is 2.04. The molecule has 0 atom stereocenters. The molecule has 28 heavy (non-hydrogen) atoms. The van der Waals surface area contributed by atoms with Crippen LogP contribution in [-0.2, 0) is 4.79 Å². The number of ether oxygens (including phenoxy) is 1. The second-order valence-electron chi connectivity index (χ2n) is 6.08. The molecule has 0 fully saturated rings. The van der Waals surface area contributed by atoms with E-state index in [1.807, 2.05) is 66.2 Å². The van der Waals surface area contributed by atoms with Gasteiger partial charge in [0, 0.05) is 31.5 Å². The van der Waals surface area contributed by atoms with Crippen LogP contribution in [0.1, 0.15) is 0 Å². The van der Waals surface area contributed by atoms with Crippen LogP contribution in [0.2, 0.25) is 0 Å². The Morgan fingerprint density at radius 2 is 1.93 bits per heavy atom. The normalized spacial score (nSPS) is 10.5. The first-order chi connectivity index (χ1) is 13.7. The summed E-state index contributed by atoms with van der Waals surface area (Å²) in [7, 11) is 3.64. The second kappa shape index (κ2) is 9.80. The summed E-state index contributed by atoms with van der Waals surface area (Å²) in [5, 5.41) is 11.7. The standard InChI is InChI=1S/C20H23N5O2S/c1-24(16-6-4-3-5-7-16)13-12-21-19(26)14-28-20-23-22-15-25(20)17-8-10-18(27-2)11-9-17/h3-11,15H,12-14H2,1-2H3,(H,21,26). The van der Waals surface area contributed by atoms with E-state index in [2.05, 4.69) is 20.4 Å². The van der Waals surface area contributed by atoms with Crippen LogP contribution in [-0.4, -0.2) is 53.7 Å². The minimum atomic E-state index is -0.0317. The van der Waals surface area contributed by atoms with E-state index < -0.39 is 0 Å². The van der Waals surface area contributed by atoms with Gasteiger partial charge in [0.2, 0.25) is 5.91 Å². The molecule has 3 rings (SSSR count). The molecule has 1 N–H and O–H groups in total. The number of amides is 1. The highest BCUT2D eigenvalue weighted by atomic mass is 32.2. The van der Waals surface area contributed by atoms with Crippen molar-refractivity contribution in [2.45, 2.75) is 5.16 Å². The van der Waals surface area contributed by atoms with Crippen LogP contribution in [0.15, 0.2) is 66.1 Å². The Balaban J connectivity index is 1.47. The molecule has 1 aromatic heterocycles. The van der Waals surface area contributed by atoms with E-state index in [4.69, 9.17) is 4.74 Å². The Morgan fingerprint density at radius 1 is 1.18 bits per heavy atom. The van der Waals surface area contributed by atoms with Crippen molar-refractivity contribution in [2.75, 3.05) is 37.9 Å². The maximum absolute atomic E-state index is 12.2. The number of methoxy groups -OCH3 is 1. The van der Waals surface area contributed by atoms with Crippen molar-refractivity contribution in [1.82, 2.24) is 20.1 Å². The van der Waals surface area contributed by atoms with Gasteiger partial charge < -0.3 is 15.0 Å². The number of para-hydroxylation sites is 1. The fraction of sp³-hybridized carbons (Fsp3) is 0.250. The Kier molecular flexibility index (Phi) is 6.91. The lowest BCUT2D eigenvalue weighted by atomic mass is 10.3. The van der Waals surface area contributed by atoms with Crippen LogP contribution in [0.5, 0.6) is 5.75 Å². The third-order valence-corrected chi connectivity index (χ3v) is 5.11. The zero-order valence-electron chi connectivity index (χ0n) is 15.9. The van der Waals surface area contributed by atoms with E-state index in [1.54, 1.807) is 13.4 Å². The Labute approximate surface area is 168 Å². The number of aromatic nitrogens is 3. The number of hydrogen-bond donors (Lipinski definition) is 1. The molecule has 7 nitrogen and oxygen atoms in total. The largest absolute Gasteiger partial charge is 0.497 e. The van der Waals surface area contributed by atoms with Gasteiger partial charge in [0.25, 0.3) is 0 Å². The highest BCUT2D eigenvalue weighted by Gasteiger charge is 2.10. The lowest BCUT2D eigenvalue weighted by Crippen LogP contribution is -2.33. The molecule has 146 valence electrons. The molecule has 0 saturated carbocycles. The van der Waals surface area contributed by atoms with Gasteiger partial charge in [-0.15, -0.1) is 10.2 Å². The number of carbonyl (C=O) groups excluding carboxylic acids is 1. The zero-order chi connectivity index (χ0) is 19.8. The fourth-order valence-corrected chi connectivity index (χ4v) is 3.36. The molecule has 0 bridgehead atoms. The first kappa shape index (κ1) is 19.8. The van der Waals surface area contributed by atoms with Crippen LogP contribution >= 0.6 is 11.8 Å². The monoisotopic (exact) mass is 397 g/mol. The molecule has 1 heterocycles. The van der Waals surface area contributed by atoms with Crippen molar-refractivity contribution in [3.8, 4) is 11.4 Å². The number of hydrogen-bond acceptors (Lipinski definition) is 6. The van der Waals surface area contributed by atoms with Gasteiger partial charge in [-0.05, 0) is 36.4 Å². The van der Waals surface area contributed by atoms with Crippen LogP contribution in [0.3, 0.4) is 0 Å². The predicted molar refractivity (Wildman–Crippen MR) is 111 cm³/mol. The van der Waals surface area contributed by atoms with Crippen molar-refractivity contribution in [2.24, 2.45) is 0 Å². The number of rotatable bonds is 9. The number of benzene rings is 2. The lowest BCUT2D eigenvalue weighted by Gasteiger charge is -2.19. The molecule has 3 aromatic rings. The molecule has 0 radical (unpaired) electrons. The van der Waals surface area contributed by atoms with Crippen molar-refractivity contribution >= 4 is 23.4 Å². The van der Waals surface area contributed by atoms with Crippen molar-refractivity contribution in [1.29, 1.82) is 0 Å². The van der Waals surface area contributed by atoms with Crippen LogP contribution in [0.4, 0.5) is 5.69 Å². The smallest absolute Gasteiger partial charge is 0.230 e. The fourth-order valence-electron chi connectivity index (χ4n) is 2.60. The van der Waals surface area contributed by atoms with E-state index >= 15 is 0 Å². The van der Waals surface area contributed by atoms with E-state index in [0.717, 1.165) is 23.7 Å². The molecule has 0 aliphatic carbocycles. The number of nitrogens with zero attached hydrogens (tertiary/aromatic N) is 4. The maximum atomic E-state index is 12.2. The molecule has 0 unspecified atom stereocenters. The Hall–Kier alpha value is -3.00. The zero-order valence-corrected chi connectivity index (χ0v) is 16.7. The number of likely N-dealkylation sites (N-methyl/N-ethyl adjacent to an activating group) is 1. The molecule has 0 spiro atoms. The maximum Gasteiger partial charge on any atom is 0.230 e. The summed E-state index contributed by atoms with van der Waals surface area (Å²) < 4.78 is 7.02. The summed E-state index contributed by atoms with van der Waals surface area (Å²) in [5.74, 6) is 1.03. The van der Waals surface area contributed by atoms with E-state index in [1.165, 1.54) is 11.8 Å². The summed E-state index contributed by atoms with van der Waals surface area (Å²) in [6, 6.07) is 17.7. The van der Waals surface area contributed by atoms with Gasteiger partial charge >= 0.3 is 0 Å². The Morgan fingerprint density at radius 3 is 2.64 bits per heavy atom. The van der Waals surface area contributed by atoms with Gasteiger partial charge in [-0.1, -0.05) is 30.0 Å². The molecule has 2 aromatic carbocycles. The number of thioether (sulfide) groups is 1. The van der Waals surface area contributed by atoms with Gasteiger partial charge in [0.1, 0.15) is 12.1 Å². The number of nitrogens with one attached hydrogen (secondary N) is 1. The first-order valence-electron chi connectivity index (χ1n) is 8.87. The van der Waals surface area contributed by atoms with Gasteiger partial charge in [0.05, 0.1) is 12.9 Å². The number of carbonyl (C=O) groups is 1. The summed E-state index contributed by atoms with van der Waals surface area (Å²) in [4.78, 5) is 14.3. The topological polar surface area (TPSA) is 72.3 Å². The molecule has 1 amide bonds. The molecule has 0 aliphatic heterocycles. The highest BCUT2D eigenvalue weighted by Crippen LogP contribution is 2.21. The van der Waals surface area contributed by atoms with Crippen LogP contribution in [0, 0.1) is 0 Å². The average Bonchev–Trinajstić information content (AvgIpc) is 3.21. The van der Waals surface area contributed by atoms with Crippen LogP contribution in [0.25, 0.3) is 5.69 Å². The third kappa shape index (κ3) is 5.26. The van der Waals surface area contributed by atoms with Crippen molar-refractivity contribution in [3.63, 3.8) is 0 Å². The molecule has 0 saturated heterocycles. The summed E-state index contributed by atoms with van der Waals surface area (Å²) in [6.07, 6.45) is 1.64. The predicted octanol–water partition coefficient (Wildman–Crippen LogP) is 2.62. The van der Waals surface area contributed by atoms with E-state index in [9.17, 15) is 4.79 Å². The molecule has 0 aliphatic rings. The highest BCUT2D eigenvalue weighted by molar-refractivity contribution is 7.99. The van der Waals surface area contributed by atoms with E-state index in [-0.39, 0.29) is 11.7 Å². The van der Waals surface area contributed by atoms with Gasteiger partial charge in [-0.25, -0.2) is 0 Å². The number of anilines is 1. The molecular formula is C20H23N5O2S. The average molecular weight is 398 g/mol. The van der Waals surface area contributed by atoms with Gasteiger partial charge in [0.15, 0.2) is 5.16 Å². The van der Waals surface area contributed by atoms with Crippen LogP contribution < -0.4 is 15.0 Å². The quantitative estimate of drug-likeness (QED) is 0.560. The van der Waals surface area contributed by atoms with Crippen molar-refractivity contribution in [3.05, 3.63) is 60.9 Å². The van der Waals surface area contributed by atoms with Gasteiger partial charge in [-0.2, -0.15) is 0 Å². The minimum Gasteiger partial charge on any atom is -0.497 e. The van der Waals surface area contributed by atoms with Gasteiger partial charge in [-0.3, -0.25) is 9.36 Å². The van der Waals surface area contributed by atoms with E-state index in [0.29, 0.717) is 11.7 Å². The summed E-state index contributed by atoms with van der Waals surface area (Å²) >= 11 is 1.35. The molecular weight excluding hydrogens is 374 g/mol.